The molecule has 160 valence electrons. The van der Waals surface area contributed by atoms with Gasteiger partial charge >= 0.3 is 5.91 Å². The van der Waals surface area contributed by atoms with Crippen molar-refractivity contribution in [2.24, 2.45) is 0 Å². The van der Waals surface area contributed by atoms with Crippen molar-refractivity contribution in [2.75, 3.05) is 13.4 Å². The van der Waals surface area contributed by atoms with Crippen LogP contribution < -0.4 is 9.46 Å². The molecule has 1 N–H and O–H groups in total. The van der Waals surface area contributed by atoms with Crippen LogP contribution in [-0.2, 0) is 20.0 Å². The van der Waals surface area contributed by atoms with Gasteiger partial charge in [0.2, 0.25) is 15.8 Å². The average Bonchev–Trinajstić information content (AvgIpc) is 3.24. The second-order valence-electron chi connectivity index (χ2n) is 6.34. The van der Waals surface area contributed by atoms with Gasteiger partial charge in [-0.05, 0) is 25.1 Å². The number of amides is 1. The Labute approximate surface area is 178 Å². The van der Waals surface area contributed by atoms with Gasteiger partial charge in [-0.3, -0.25) is 4.79 Å². The first kappa shape index (κ1) is 21.9. The molecule has 12 heteroatoms. The number of furan rings is 1. The van der Waals surface area contributed by atoms with E-state index in [-0.39, 0.29) is 27.1 Å². The second-order valence-corrected chi connectivity index (χ2v) is 10.3. The third kappa shape index (κ3) is 4.23. The van der Waals surface area contributed by atoms with Crippen LogP contribution in [0.2, 0.25) is 5.02 Å². The van der Waals surface area contributed by atoms with E-state index in [4.69, 9.17) is 20.8 Å². The van der Waals surface area contributed by atoms with Gasteiger partial charge in [0.15, 0.2) is 11.5 Å². The SMILES string of the molecule is COc1cc(-c2c(Cl)ccn2S(=O)(=O)c2ccc(C)cc2)oc1C(=O)NS(C)(=O)=O. The number of halogens is 1. The number of ether oxygens (including phenoxy) is 1. The fourth-order valence-electron chi connectivity index (χ4n) is 2.66. The van der Waals surface area contributed by atoms with E-state index in [0.717, 1.165) is 15.8 Å². The molecule has 9 nitrogen and oxygen atoms in total. The van der Waals surface area contributed by atoms with Crippen LogP contribution in [-0.4, -0.2) is 40.1 Å². The number of benzene rings is 1. The van der Waals surface area contributed by atoms with Crippen LogP contribution in [0.5, 0.6) is 5.75 Å². The molecular weight excluding hydrogens is 456 g/mol. The lowest BCUT2D eigenvalue weighted by atomic mass is 10.2. The number of aromatic nitrogens is 1. The van der Waals surface area contributed by atoms with E-state index in [0.29, 0.717) is 0 Å². The highest BCUT2D eigenvalue weighted by Crippen LogP contribution is 2.37. The first-order valence-corrected chi connectivity index (χ1v) is 12.0. The number of methoxy groups -OCH3 is 1. The number of hydrogen-bond donors (Lipinski definition) is 1. The fraction of sp³-hybridized carbons (Fsp3) is 0.167. The summed E-state index contributed by atoms with van der Waals surface area (Å²) in [7, 11) is -6.65. The molecule has 0 fully saturated rings. The van der Waals surface area contributed by atoms with Crippen LogP contribution in [0, 0.1) is 6.92 Å². The lowest BCUT2D eigenvalue weighted by Gasteiger charge is -2.10. The Morgan fingerprint density at radius 1 is 1.13 bits per heavy atom. The van der Waals surface area contributed by atoms with Gasteiger partial charge in [-0.2, -0.15) is 0 Å². The number of carbonyl (C=O) groups excluding carboxylic acids is 1. The predicted octanol–water partition coefficient (Wildman–Crippen LogP) is 2.64. The number of nitrogens with one attached hydrogen (secondary N) is 1. The smallest absolute Gasteiger partial charge is 0.304 e. The van der Waals surface area contributed by atoms with Gasteiger partial charge in [0, 0.05) is 12.3 Å². The molecule has 3 rings (SSSR count). The Morgan fingerprint density at radius 2 is 1.77 bits per heavy atom. The molecule has 30 heavy (non-hydrogen) atoms. The zero-order chi connectivity index (χ0) is 22.3. The molecule has 0 radical (unpaired) electrons. The topological polar surface area (TPSA) is 125 Å². The molecule has 1 aromatic carbocycles. The molecule has 0 saturated carbocycles. The van der Waals surface area contributed by atoms with E-state index in [9.17, 15) is 21.6 Å². The summed E-state index contributed by atoms with van der Waals surface area (Å²) < 4.78 is 62.1. The molecule has 3 aromatic rings. The van der Waals surface area contributed by atoms with Crippen molar-refractivity contribution in [1.29, 1.82) is 0 Å². The van der Waals surface area contributed by atoms with Crippen LogP contribution in [0.25, 0.3) is 11.5 Å². The first-order valence-electron chi connectivity index (χ1n) is 8.33. The van der Waals surface area contributed by atoms with E-state index < -0.39 is 31.7 Å². The maximum atomic E-state index is 13.1. The van der Waals surface area contributed by atoms with Crippen molar-refractivity contribution in [3.05, 3.63) is 58.9 Å². The Balaban J connectivity index is 2.14. The van der Waals surface area contributed by atoms with Crippen LogP contribution in [0.3, 0.4) is 0 Å². The predicted molar refractivity (Wildman–Crippen MR) is 110 cm³/mol. The van der Waals surface area contributed by atoms with E-state index >= 15 is 0 Å². The summed E-state index contributed by atoms with van der Waals surface area (Å²) in [4.78, 5) is 12.2. The summed E-state index contributed by atoms with van der Waals surface area (Å²) in [6.07, 6.45) is 2.05. The van der Waals surface area contributed by atoms with Crippen molar-refractivity contribution in [1.82, 2.24) is 8.69 Å². The first-order chi connectivity index (χ1) is 13.9. The number of aryl methyl sites for hydroxylation is 1. The summed E-state index contributed by atoms with van der Waals surface area (Å²) in [6, 6.07) is 8.82. The minimum atomic E-state index is -4.04. The lowest BCUT2D eigenvalue weighted by Crippen LogP contribution is -2.29. The molecule has 0 aliphatic heterocycles. The molecule has 0 bridgehead atoms. The van der Waals surface area contributed by atoms with Gasteiger partial charge in [-0.15, -0.1) is 0 Å². The largest absolute Gasteiger partial charge is 0.492 e. The maximum absolute atomic E-state index is 13.1. The van der Waals surface area contributed by atoms with Crippen LogP contribution >= 0.6 is 11.6 Å². The van der Waals surface area contributed by atoms with Crippen LogP contribution in [0.15, 0.2) is 51.9 Å². The van der Waals surface area contributed by atoms with Crippen molar-refractivity contribution >= 4 is 37.6 Å². The Bertz CT molecular complexity index is 1320. The molecule has 0 atom stereocenters. The minimum absolute atomic E-state index is 0.0233. The molecule has 1 amide bonds. The molecule has 0 aliphatic carbocycles. The van der Waals surface area contributed by atoms with E-state index in [1.165, 1.54) is 37.6 Å². The third-order valence-corrected chi connectivity index (χ3v) is 6.57. The van der Waals surface area contributed by atoms with Gasteiger partial charge in [-0.25, -0.2) is 25.5 Å². The zero-order valence-electron chi connectivity index (χ0n) is 16.0. The molecule has 0 unspecified atom stereocenters. The molecule has 0 spiro atoms. The van der Waals surface area contributed by atoms with Crippen molar-refractivity contribution in [2.45, 2.75) is 11.8 Å². The van der Waals surface area contributed by atoms with Crippen molar-refractivity contribution < 1.29 is 30.8 Å². The van der Waals surface area contributed by atoms with Crippen LogP contribution in [0.1, 0.15) is 16.1 Å². The van der Waals surface area contributed by atoms with Gasteiger partial charge in [0.25, 0.3) is 10.0 Å². The number of rotatable bonds is 6. The average molecular weight is 473 g/mol. The second kappa shape index (κ2) is 7.82. The highest BCUT2D eigenvalue weighted by molar-refractivity contribution is 7.90. The monoisotopic (exact) mass is 472 g/mol. The van der Waals surface area contributed by atoms with E-state index in [2.05, 4.69) is 0 Å². The number of nitrogens with zero attached hydrogens (tertiary/aromatic N) is 1. The minimum Gasteiger partial charge on any atom is -0.492 e. The third-order valence-electron chi connectivity index (χ3n) is 4.02. The van der Waals surface area contributed by atoms with Crippen LogP contribution in [0.4, 0.5) is 0 Å². The van der Waals surface area contributed by atoms with Crippen molar-refractivity contribution in [3.63, 3.8) is 0 Å². The van der Waals surface area contributed by atoms with E-state index in [1.807, 2.05) is 6.92 Å². The van der Waals surface area contributed by atoms with Crippen molar-refractivity contribution in [3.8, 4) is 17.2 Å². The number of carbonyl (C=O) groups is 1. The number of sulfonamides is 1. The lowest BCUT2D eigenvalue weighted by molar-refractivity contribution is 0.0951. The normalized spacial score (nSPS) is 12.0. The summed E-state index contributed by atoms with van der Waals surface area (Å²) in [5.74, 6) is -1.72. The molecule has 2 aromatic heterocycles. The Kier molecular flexibility index (Phi) is 5.72. The van der Waals surface area contributed by atoms with Gasteiger partial charge in [-0.1, -0.05) is 29.3 Å². The summed E-state index contributed by atoms with van der Waals surface area (Å²) in [5.41, 5.74) is 0.839. The molecule has 2 heterocycles. The highest BCUT2D eigenvalue weighted by Gasteiger charge is 2.28. The standard InChI is InChI=1S/C18H17ClN2O7S2/c1-11-4-6-12(7-5-11)30(25,26)21-9-8-13(19)16(21)14-10-15(27-2)17(28-14)18(22)20-29(3,23)24/h4-10H,1-3H3,(H,20,22). The number of hydrogen-bond acceptors (Lipinski definition) is 7. The van der Waals surface area contributed by atoms with E-state index in [1.54, 1.807) is 16.9 Å². The maximum Gasteiger partial charge on any atom is 0.304 e. The van der Waals surface area contributed by atoms with Gasteiger partial charge in [0.05, 0.1) is 23.3 Å². The highest BCUT2D eigenvalue weighted by atomic mass is 35.5. The summed E-state index contributed by atoms with van der Waals surface area (Å²) in [5, 5.41) is 0.0390. The quantitative estimate of drug-likeness (QED) is 0.584. The molecule has 0 aliphatic rings. The van der Waals surface area contributed by atoms with Gasteiger partial charge in [0.1, 0.15) is 5.69 Å². The summed E-state index contributed by atoms with van der Waals surface area (Å²) in [6.45, 7) is 1.83. The fourth-order valence-corrected chi connectivity index (χ4v) is 4.73. The Hall–Kier alpha value is -2.76. The van der Waals surface area contributed by atoms with Gasteiger partial charge < -0.3 is 9.15 Å². The zero-order valence-corrected chi connectivity index (χ0v) is 18.4. The molecular formula is C18H17ClN2O7S2. The summed E-state index contributed by atoms with van der Waals surface area (Å²) >= 11 is 6.21. The molecule has 0 saturated heterocycles. The Morgan fingerprint density at radius 3 is 2.33 bits per heavy atom.